The molecular formula is C20H21NO3. The smallest absolute Gasteiger partial charge is 0.331 e. The Morgan fingerprint density at radius 3 is 2.25 bits per heavy atom. The standard InChI is InChI=1S/C20H21NO3/c1-20(2,3)24-18(22)12-9-14-7-10-15(11-8-14)19(23)16-5-4-6-17(21)13-16/h4-13H,21H2,1-3H3. The van der Waals surface area contributed by atoms with Crippen LogP contribution >= 0.6 is 0 Å². The fourth-order valence-corrected chi connectivity index (χ4v) is 2.09. The van der Waals surface area contributed by atoms with Crippen molar-refractivity contribution in [1.82, 2.24) is 0 Å². The average molecular weight is 323 g/mol. The molecule has 0 amide bonds. The van der Waals surface area contributed by atoms with Crippen molar-refractivity contribution in [2.45, 2.75) is 26.4 Å². The first-order valence-electron chi connectivity index (χ1n) is 7.66. The van der Waals surface area contributed by atoms with Crippen LogP contribution in [0.3, 0.4) is 0 Å². The normalized spacial score (nSPS) is 11.5. The van der Waals surface area contributed by atoms with Crippen LogP contribution in [0.4, 0.5) is 5.69 Å². The molecule has 4 nitrogen and oxygen atoms in total. The Morgan fingerprint density at radius 1 is 1.00 bits per heavy atom. The summed E-state index contributed by atoms with van der Waals surface area (Å²) in [6.07, 6.45) is 3.03. The second-order valence-electron chi connectivity index (χ2n) is 6.44. The minimum Gasteiger partial charge on any atom is -0.457 e. The lowest BCUT2D eigenvalue weighted by atomic mass is 10.0. The molecule has 0 aliphatic rings. The van der Waals surface area contributed by atoms with E-state index in [0.717, 1.165) is 5.56 Å². The van der Waals surface area contributed by atoms with E-state index in [4.69, 9.17) is 10.5 Å². The van der Waals surface area contributed by atoms with Crippen molar-refractivity contribution < 1.29 is 14.3 Å². The van der Waals surface area contributed by atoms with Crippen LogP contribution in [0.5, 0.6) is 0 Å². The van der Waals surface area contributed by atoms with E-state index in [0.29, 0.717) is 16.8 Å². The Labute approximate surface area is 141 Å². The fourth-order valence-electron chi connectivity index (χ4n) is 2.09. The van der Waals surface area contributed by atoms with Gasteiger partial charge in [-0.25, -0.2) is 4.79 Å². The second kappa shape index (κ2) is 7.13. The van der Waals surface area contributed by atoms with Gasteiger partial charge in [0, 0.05) is 22.9 Å². The second-order valence-corrected chi connectivity index (χ2v) is 6.44. The van der Waals surface area contributed by atoms with E-state index in [1.54, 1.807) is 54.6 Å². The highest BCUT2D eigenvalue weighted by atomic mass is 16.6. The van der Waals surface area contributed by atoms with Gasteiger partial charge >= 0.3 is 5.97 Å². The summed E-state index contributed by atoms with van der Waals surface area (Å²) in [5, 5.41) is 0. The zero-order valence-electron chi connectivity index (χ0n) is 14.1. The van der Waals surface area contributed by atoms with Gasteiger partial charge in [0.25, 0.3) is 0 Å². The van der Waals surface area contributed by atoms with Gasteiger partial charge in [-0.1, -0.05) is 36.4 Å². The van der Waals surface area contributed by atoms with Crippen molar-refractivity contribution in [3.05, 3.63) is 71.3 Å². The number of benzene rings is 2. The molecular weight excluding hydrogens is 302 g/mol. The van der Waals surface area contributed by atoms with Gasteiger partial charge in [0.15, 0.2) is 5.78 Å². The maximum Gasteiger partial charge on any atom is 0.331 e. The fraction of sp³-hybridized carbons (Fsp3) is 0.200. The molecule has 4 heteroatoms. The Balaban J connectivity index is 2.08. The van der Waals surface area contributed by atoms with Crippen LogP contribution in [-0.2, 0) is 9.53 Å². The maximum atomic E-state index is 12.4. The number of ketones is 1. The summed E-state index contributed by atoms with van der Waals surface area (Å²) < 4.78 is 5.20. The zero-order chi connectivity index (χ0) is 17.7. The van der Waals surface area contributed by atoms with Crippen LogP contribution in [-0.4, -0.2) is 17.4 Å². The highest BCUT2D eigenvalue weighted by molar-refractivity contribution is 6.09. The minimum absolute atomic E-state index is 0.0926. The Hall–Kier alpha value is -2.88. The average Bonchev–Trinajstić information content (AvgIpc) is 2.51. The van der Waals surface area contributed by atoms with E-state index < -0.39 is 11.6 Å². The summed E-state index contributed by atoms with van der Waals surface area (Å²) in [6.45, 7) is 5.44. The molecule has 0 saturated heterocycles. The van der Waals surface area contributed by atoms with Crippen molar-refractivity contribution in [3.63, 3.8) is 0 Å². The van der Waals surface area contributed by atoms with E-state index >= 15 is 0 Å². The van der Waals surface area contributed by atoms with Crippen LogP contribution in [0.2, 0.25) is 0 Å². The summed E-state index contributed by atoms with van der Waals surface area (Å²) in [7, 11) is 0. The Morgan fingerprint density at radius 2 is 1.67 bits per heavy atom. The number of ether oxygens (including phenoxy) is 1. The zero-order valence-corrected chi connectivity index (χ0v) is 14.1. The monoisotopic (exact) mass is 323 g/mol. The van der Waals surface area contributed by atoms with E-state index in [1.807, 2.05) is 20.8 Å². The number of nitrogens with two attached hydrogens (primary N) is 1. The van der Waals surface area contributed by atoms with Gasteiger partial charge in [-0.2, -0.15) is 0 Å². The number of rotatable bonds is 4. The number of esters is 1. The first-order chi connectivity index (χ1) is 11.2. The SMILES string of the molecule is CC(C)(C)OC(=O)C=Cc1ccc(C(=O)c2cccc(N)c2)cc1. The molecule has 0 aromatic heterocycles. The lowest BCUT2D eigenvalue weighted by molar-refractivity contribution is -0.148. The highest BCUT2D eigenvalue weighted by Crippen LogP contribution is 2.15. The molecule has 124 valence electrons. The van der Waals surface area contributed by atoms with Gasteiger partial charge in [-0.15, -0.1) is 0 Å². The number of hydrogen-bond donors (Lipinski definition) is 1. The number of carbonyl (C=O) groups is 2. The van der Waals surface area contributed by atoms with Gasteiger partial charge in [-0.3, -0.25) is 4.79 Å². The Kier molecular flexibility index (Phi) is 5.19. The molecule has 0 aliphatic carbocycles. The van der Waals surface area contributed by atoms with Gasteiger partial charge in [0.05, 0.1) is 0 Å². The molecule has 24 heavy (non-hydrogen) atoms. The Bertz CT molecular complexity index is 768. The molecule has 2 aromatic carbocycles. The van der Waals surface area contributed by atoms with E-state index in [2.05, 4.69) is 0 Å². The van der Waals surface area contributed by atoms with Crippen LogP contribution in [0.15, 0.2) is 54.6 Å². The topological polar surface area (TPSA) is 69.4 Å². The molecule has 0 bridgehead atoms. The highest BCUT2D eigenvalue weighted by Gasteiger charge is 2.14. The molecule has 2 aromatic rings. The van der Waals surface area contributed by atoms with Crippen molar-refractivity contribution in [2.75, 3.05) is 5.73 Å². The summed E-state index contributed by atoms with van der Waals surface area (Å²) >= 11 is 0. The van der Waals surface area contributed by atoms with E-state index in [1.165, 1.54) is 6.08 Å². The molecule has 0 heterocycles. The first-order valence-corrected chi connectivity index (χ1v) is 7.66. The molecule has 2 rings (SSSR count). The molecule has 2 N–H and O–H groups in total. The van der Waals surface area contributed by atoms with Crippen LogP contribution in [0.1, 0.15) is 42.3 Å². The van der Waals surface area contributed by atoms with Crippen LogP contribution in [0, 0.1) is 0 Å². The maximum absolute atomic E-state index is 12.4. The van der Waals surface area contributed by atoms with Gasteiger partial charge in [-0.05, 0) is 44.5 Å². The third kappa shape index (κ3) is 5.09. The number of hydrogen-bond acceptors (Lipinski definition) is 4. The van der Waals surface area contributed by atoms with Crippen molar-refractivity contribution in [1.29, 1.82) is 0 Å². The first kappa shape index (κ1) is 17.5. The number of anilines is 1. The summed E-state index contributed by atoms with van der Waals surface area (Å²) in [6, 6.07) is 13.9. The largest absolute Gasteiger partial charge is 0.457 e. The van der Waals surface area contributed by atoms with Crippen LogP contribution in [0.25, 0.3) is 6.08 Å². The van der Waals surface area contributed by atoms with E-state index in [-0.39, 0.29) is 5.78 Å². The molecule has 0 spiro atoms. The van der Waals surface area contributed by atoms with Gasteiger partial charge in [0.1, 0.15) is 5.60 Å². The van der Waals surface area contributed by atoms with Gasteiger partial charge < -0.3 is 10.5 Å². The summed E-state index contributed by atoms with van der Waals surface area (Å²) in [5.41, 5.74) is 7.66. The third-order valence-electron chi connectivity index (χ3n) is 3.14. The molecule has 0 unspecified atom stereocenters. The summed E-state index contributed by atoms with van der Waals surface area (Å²) in [4.78, 5) is 24.0. The molecule has 0 saturated carbocycles. The summed E-state index contributed by atoms with van der Waals surface area (Å²) in [5.74, 6) is -0.493. The number of nitrogen functional groups attached to an aromatic ring is 1. The van der Waals surface area contributed by atoms with Crippen LogP contribution < -0.4 is 5.73 Å². The molecule has 0 atom stereocenters. The minimum atomic E-state index is -0.519. The molecule has 0 aliphatic heterocycles. The number of carbonyl (C=O) groups excluding carboxylic acids is 2. The van der Waals surface area contributed by atoms with Gasteiger partial charge in [0.2, 0.25) is 0 Å². The molecule has 0 radical (unpaired) electrons. The lowest BCUT2D eigenvalue weighted by Crippen LogP contribution is -2.22. The lowest BCUT2D eigenvalue weighted by Gasteiger charge is -2.17. The predicted molar refractivity (Wildman–Crippen MR) is 95.6 cm³/mol. The molecule has 0 fully saturated rings. The third-order valence-corrected chi connectivity index (χ3v) is 3.14. The van der Waals surface area contributed by atoms with Crippen molar-refractivity contribution in [3.8, 4) is 0 Å². The predicted octanol–water partition coefficient (Wildman–Crippen LogP) is 3.85. The quantitative estimate of drug-likeness (QED) is 0.401. The van der Waals surface area contributed by atoms with E-state index in [9.17, 15) is 9.59 Å². The van der Waals surface area contributed by atoms with Crippen molar-refractivity contribution in [2.24, 2.45) is 0 Å². The van der Waals surface area contributed by atoms with Crippen molar-refractivity contribution >= 4 is 23.5 Å².